The second kappa shape index (κ2) is 8.24. The molecular weight excluding hydrogens is 441 g/mol. The van der Waals surface area contributed by atoms with Gasteiger partial charge in [-0.1, -0.05) is 18.2 Å². The molecule has 1 saturated heterocycles. The number of halogens is 2. The number of nitrogens with zero attached hydrogens (tertiary/aromatic N) is 2. The highest BCUT2D eigenvalue weighted by molar-refractivity contribution is 9.10. The monoisotopic (exact) mass is 459 g/mol. The summed E-state index contributed by atoms with van der Waals surface area (Å²) in [6, 6.07) is 13.8. The molecular formula is C21H19BrFN3O3. The summed E-state index contributed by atoms with van der Waals surface area (Å²) in [5, 5.41) is 0.877. The average Bonchev–Trinajstić information content (AvgIpc) is 3.09. The van der Waals surface area contributed by atoms with Crippen molar-refractivity contribution in [1.82, 2.24) is 9.88 Å². The van der Waals surface area contributed by atoms with Crippen molar-refractivity contribution < 1.29 is 18.7 Å². The van der Waals surface area contributed by atoms with Gasteiger partial charge in [0, 0.05) is 42.8 Å². The smallest absolute Gasteiger partial charge is 0.356 e. The fourth-order valence-electron chi connectivity index (χ4n) is 3.41. The van der Waals surface area contributed by atoms with Crippen LogP contribution in [-0.2, 0) is 9.53 Å². The number of amides is 1. The van der Waals surface area contributed by atoms with Gasteiger partial charge in [0.05, 0.1) is 4.47 Å². The Labute approximate surface area is 175 Å². The molecule has 2 heterocycles. The molecule has 0 bridgehead atoms. The lowest BCUT2D eigenvalue weighted by Gasteiger charge is -2.36. The van der Waals surface area contributed by atoms with Crippen LogP contribution in [0.4, 0.5) is 10.1 Å². The standard InChI is InChI=1S/C21H19BrFN3O3/c22-19-16-3-1-2-4-17(16)24-20(19)21(28)29-13-18(27)26-11-9-25(10-12-26)15-7-5-14(23)6-8-15/h1-8,24H,9-13H2. The topological polar surface area (TPSA) is 65.6 Å². The Kier molecular flexibility index (Phi) is 5.53. The molecule has 0 radical (unpaired) electrons. The van der Waals surface area contributed by atoms with Crippen LogP contribution in [0, 0.1) is 5.82 Å². The van der Waals surface area contributed by atoms with Crippen molar-refractivity contribution in [1.29, 1.82) is 0 Å². The number of aromatic nitrogens is 1. The van der Waals surface area contributed by atoms with E-state index in [-0.39, 0.29) is 18.3 Å². The molecule has 1 aliphatic heterocycles. The van der Waals surface area contributed by atoms with Gasteiger partial charge in [-0.05, 0) is 46.3 Å². The highest BCUT2D eigenvalue weighted by Crippen LogP contribution is 2.28. The number of H-pyrrole nitrogens is 1. The SMILES string of the molecule is O=C(OCC(=O)N1CCN(c2ccc(F)cc2)CC1)c1[nH]c2ccccc2c1Br. The van der Waals surface area contributed by atoms with E-state index in [0.717, 1.165) is 16.6 Å². The summed E-state index contributed by atoms with van der Waals surface area (Å²) in [6.07, 6.45) is 0. The Morgan fingerprint density at radius 1 is 1.03 bits per heavy atom. The number of ether oxygens (including phenoxy) is 1. The first kappa shape index (κ1) is 19.4. The Morgan fingerprint density at radius 2 is 1.72 bits per heavy atom. The molecule has 29 heavy (non-hydrogen) atoms. The maximum absolute atomic E-state index is 13.1. The predicted molar refractivity (Wildman–Crippen MR) is 111 cm³/mol. The number of carbonyl (C=O) groups excluding carboxylic acids is 2. The number of hydrogen-bond donors (Lipinski definition) is 1. The van der Waals surface area contributed by atoms with Crippen molar-refractivity contribution in [3.63, 3.8) is 0 Å². The molecule has 3 aromatic rings. The summed E-state index contributed by atoms with van der Waals surface area (Å²) in [5.41, 5.74) is 2.03. The van der Waals surface area contributed by atoms with E-state index in [4.69, 9.17) is 4.74 Å². The number of fused-ring (bicyclic) bond motifs is 1. The van der Waals surface area contributed by atoms with Crippen LogP contribution in [-0.4, -0.2) is 54.5 Å². The van der Waals surface area contributed by atoms with E-state index in [1.165, 1.54) is 12.1 Å². The molecule has 1 fully saturated rings. The molecule has 1 aromatic heterocycles. The lowest BCUT2D eigenvalue weighted by molar-refractivity contribution is -0.134. The van der Waals surface area contributed by atoms with Crippen LogP contribution >= 0.6 is 15.9 Å². The second-order valence-corrected chi connectivity index (χ2v) is 7.57. The summed E-state index contributed by atoms with van der Waals surface area (Å²) in [5.74, 6) is -1.08. The zero-order chi connectivity index (χ0) is 20.4. The van der Waals surface area contributed by atoms with E-state index in [2.05, 4.69) is 25.8 Å². The highest BCUT2D eigenvalue weighted by atomic mass is 79.9. The maximum Gasteiger partial charge on any atom is 0.356 e. The third-order valence-electron chi connectivity index (χ3n) is 5.00. The van der Waals surface area contributed by atoms with Gasteiger partial charge in [0.2, 0.25) is 0 Å². The molecule has 150 valence electrons. The second-order valence-electron chi connectivity index (χ2n) is 6.78. The van der Waals surface area contributed by atoms with Crippen molar-refractivity contribution in [2.75, 3.05) is 37.7 Å². The largest absolute Gasteiger partial charge is 0.451 e. The van der Waals surface area contributed by atoms with Gasteiger partial charge in [-0.15, -0.1) is 0 Å². The minimum absolute atomic E-state index is 0.232. The van der Waals surface area contributed by atoms with Crippen molar-refractivity contribution in [2.24, 2.45) is 0 Å². The van der Waals surface area contributed by atoms with Gasteiger partial charge >= 0.3 is 5.97 Å². The fraction of sp³-hybridized carbons (Fsp3) is 0.238. The quantitative estimate of drug-likeness (QED) is 0.605. The number of piperazine rings is 1. The van der Waals surface area contributed by atoms with Crippen molar-refractivity contribution in [2.45, 2.75) is 0 Å². The van der Waals surface area contributed by atoms with Gasteiger partial charge in [-0.25, -0.2) is 9.18 Å². The van der Waals surface area contributed by atoms with E-state index in [0.29, 0.717) is 36.3 Å². The van der Waals surface area contributed by atoms with Gasteiger partial charge in [0.1, 0.15) is 11.5 Å². The van der Waals surface area contributed by atoms with E-state index >= 15 is 0 Å². The Morgan fingerprint density at radius 3 is 2.41 bits per heavy atom. The van der Waals surface area contributed by atoms with Gasteiger partial charge in [-0.2, -0.15) is 0 Å². The summed E-state index contributed by atoms with van der Waals surface area (Å²) in [6.45, 7) is 2.00. The van der Waals surface area contributed by atoms with Crippen molar-refractivity contribution in [3.05, 3.63) is 64.5 Å². The Balaban J connectivity index is 1.31. The number of carbonyl (C=O) groups is 2. The first-order valence-electron chi connectivity index (χ1n) is 9.24. The number of hydrogen-bond acceptors (Lipinski definition) is 4. The Bertz CT molecular complexity index is 1040. The predicted octanol–water partition coefficient (Wildman–Crippen LogP) is 3.58. The molecule has 2 aromatic carbocycles. The van der Waals surface area contributed by atoms with Crippen LogP contribution in [0.1, 0.15) is 10.5 Å². The van der Waals surface area contributed by atoms with Crippen molar-refractivity contribution in [3.8, 4) is 0 Å². The Hall–Kier alpha value is -2.87. The lowest BCUT2D eigenvalue weighted by Crippen LogP contribution is -2.49. The zero-order valence-electron chi connectivity index (χ0n) is 15.5. The number of para-hydroxylation sites is 1. The van der Waals surface area contributed by atoms with Crippen LogP contribution in [0.3, 0.4) is 0 Å². The lowest BCUT2D eigenvalue weighted by atomic mass is 10.2. The molecule has 0 saturated carbocycles. The van der Waals surface area contributed by atoms with E-state index in [1.54, 1.807) is 17.0 Å². The minimum atomic E-state index is -0.577. The molecule has 0 spiro atoms. The highest BCUT2D eigenvalue weighted by Gasteiger charge is 2.24. The maximum atomic E-state index is 13.1. The summed E-state index contributed by atoms with van der Waals surface area (Å²) in [7, 11) is 0. The molecule has 8 heteroatoms. The number of nitrogens with one attached hydrogen (secondary N) is 1. The zero-order valence-corrected chi connectivity index (χ0v) is 17.1. The van der Waals surface area contributed by atoms with Gasteiger partial charge in [-0.3, -0.25) is 4.79 Å². The first-order chi connectivity index (χ1) is 14.0. The number of rotatable bonds is 4. The van der Waals surface area contributed by atoms with Gasteiger partial charge in [0.15, 0.2) is 6.61 Å². The van der Waals surface area contributed by atoms with Crippen LogP contribution in [0.15, 0.2) is 53.0 Å². The van der Waals surface area contributed by atoms with Crippen LogP contribution in [0.2, 0.25) is 0 Å². The van der Waals surface area contributed by atoms with E-state index in [1.807, 2.05) is 24.3 Å². The normalized spacial score (nSPS) is 14.3. The summed E-state index contributed by atoms with van der Waals surface area (Å²) >= 11 is 3.41. The van der Waals surface area contributed by atoms with Crippen LogP contribution in [0.5, 0.6) is 0 Å². The molecule has 0 aliphatic carbocycles. The molecule has 0 unspecified atom stereocenters. The summed E-state index contributed by atoms with van der Waals surface area (Å²) in [4.78, 5) is 31.6. The van der Waals surface area contributed by atoms with Crippen LogP contribution in [0.25, 0.3) is 10.9 Å². The third kappa shape index (κ3) is 4.12. The summed E-state index contributed by atoms with van der Waals surface area (Å²) < 4.78 is 18.9. The molecule has 1 amide bonds. The molecule has 4 rings (SSSR count). The first-order valence-corrected chi connectivity index (χ1v) is 10.0. The molecule has 6 nitrogen and oxygen atoms in total. The van der Waals surface area contributed by atoms with Crippen molar-refractivity contribution >= 4 is 44.4 Å². The fourth-order valence-corrected chi connectivity index (χ4v) is 4.01. The van der Waals surface area contributed by atoms with Gasteiger partial charge in [0.25, 0.3) is 5.91 Å². The number of benzene rings is 2. The van der Waals surface area contributed by atoms with Crippen LogP contribution < -0.4 is 4.90 Å². The number of esters is 1. The average molecular weight is 460 g/mol. The molecule has 1 N–H and O–H groups in total. The number of anilines is 1. The number of aromatic amines is 1. The van der Waals surface area contributed by atoms with Gasteiger partial charge < -0.3 is 19.5 Å². The van der Waals surface area contributed by atoms with E-state index in [9.17, 15) is 14.0 Å². The third-order valence-corrected chi connectivity index (χ3v) is 5.82. The molecule has 0 atom stereocenters. The van der Waals surface area contributed by atoms with E-state index < -0.39 is 5.97 Å². The minimum Gasteiger partial charge on any atom is -0.451 e. The molecule has 1 aliphatic rings.